The fourth-order valence-electron chi connectivity index (χ4n) is 2.69. The summed E-state index contributed by atoms with van der Waals surface area (Å²) in [6.45, 7) is 3.06. The van der Waals surface area contributed by atoms with E-state index in [-0.39, 0.29) is 12.3 Å². The normalized spacial score (nSPS) is 18.2. The molecule has 1 aliphatic rings. The van der Waals surface area contributed by atoms with Gasteiger partial charge in [-0.1, -0.05) is 34.5 Å². The second kappa shape index (κ2) is 7.06. The van der Waals surface area contributed by atoms with Crippen molar-refractivity contribution in [3.8, 4) is 0 Å². The van der Waals surface area contributed by atoms with E-state index < -0.39 is 5.97 Å². The first-order valence-electron chi connectivity index (χ1n) is 6.85. The second-order valence-electron chi connectivity index (χ2n) is 5.21. The molecule has 0 radical (unpaired) electrons. The maximum atomic E-state index is 11.1. The van der Waals surface area contributed by atoms with Crippen LogP contribution in [-0.2, 0) is 4.79 Å². The van der Waals surface area contributed by atoms with Gasteiger partial charge >= 0.3 is 5.97 Å². The molecule has 1 aromatic rings. The topological polar surface area (TPSA) is 40.5 Å². The lowest BCUT2D eigenvalue weighted by atomic mass is 9.94. The number of halogens is 1. The van der Waals surface area contributed by atoms with Gasteiger partial charge in [0.2, 0.25) is 0 Å². The van der Waals surface area contributed by atoms with Crippen molar-refractivity contribution in [3.63, 3.8) is 0 Å². The minimum Gasteiger partial charge on any atom is -0.481 e. The molecular weight excluding hydrogens is 306 g/mol. The van der Waals surface area contributed by atoms with Gasteiger partial charge in [-0.2, -0.15) is 0 Å². The van der Waals surface area contributed by atoms with Gasteiger partial charge in [0.1, 0.15) is 0 Å². The lowest BCUT2D eigenvalue weighted by molar-refractivity contribution is -0.137. The Labute approximate surface area is 122 Å². The molecule has 1 unspecified atom stereocenters. The van der Waals surface area contributed by atoms with Gasteiger partial charge in [0.15, 0.2) is 0 Å². The van der Waals surface area contributed by atoms with Crippen LogP contribution in [0.4, 0.5) is 0 Å². The smallest absolute Gasteiger partial charge is 0.304 e. The molecule has 0 aliphatic carbocycles. The van der Waals surface area contributed by atoms with Crippen LogP contribution in [-0.4, -0.2) is 35.6 Å². The van der Waals surface area contributed by atoms with Crippen molar-refractivity contribution >= 4 is 21.9 Å². The quantitative estimate of drug-likeness (QED) is 0.900. The van der Waals surface area contributed by atoms with Crippen LogP contribution in [0.3, 0.4) is 0 Å². The summed E-state index contributed by atoms with van der Waals surface area (Å²) in [6.07, 6.45) is 3.98. The van der Waals surface area contributed by atoms with Crippen LogP contribution in [0.25, 0.3) is 0 Å². The Kier molecular flexibility index (Phi) is 5.40. The zero-order chi connectivity index (χ0) is 13.7. The Morgan fingerprint density at radius 2 is 1.84 bits per heavy atom. The summed E-state index contributed by atoms with van der Waals surface area (Å²) in [6, 6.07) is 8.03. The third kappa shape index (κ3) is 4.62. The van der Waals surface area contributed by atoms with Crippen molar-refractivity contribution in [3.05, 3.63) is 34.3 Å². The van der Waals surface area contributed by atoms with Crippen molar-refractivity contribution < 1.29 is 9.90 Å². The summed E-state index contributed by atoms with van der Waals surface area (Å²) >= 11 is 3.42. The lowest BCUT2D eigenvalue weighted by Crippen LogP contribution is -2.34. The van der Waals surface area contributed by atoms with E-state index in [4.69, 9.17) is 5.11 Å². The second-order valence-corrected chi connectivity index (χ2v) is 6.12. The number of hydrogen-bond acceptors (Lipinski definition) is 2. The summed E-state index contributed by atoms with van der Waals surface area (Å²) in [4.78, 5) is 13.5. The van der Waals surface area contributed by atoms with E-state index in [0.29, 0.717) is 0 Å². The van der Waals surface area contributed by atoms with Crippen LogP contribution >= 0.6 is 15.9 Å². The molecule has 1 atom stereocenters. The molecule has 0 spiro atoms. The molecule has 1 fully saturated rings. The summed E-state index contributed by atoms with van der Waals surface area (Å²) in [7, 11) is 0. The van der Waals surface area contributed by atoms with E-state index in [9.17, 15) is 4.79 Å². The number of carboxylic acids is 1. The molecule has 1 aliphatic heterocycles. The molecule has 1 aromatic carbocycles. The van der Waals surface area contributed by atoms with E-state index in [1.807, 2.05) is 24.3 Å². The molecule has 0 bridgehead atoms. The Balaban J connectivity index is 2.06. The van der Waals surface area contributed by atoms with Crippen molar-refractivity contribution in [1.29, 1.82) is 0 Å². The first kappa shape index (κ1) is 14.5. The maximum absolute atomic E-state index is 11.1. The van der Waals surface area contributed by atoms with Crippen LogP contribution < -0.4 is 0 Å². The Hall–Kier alpha value is -0.870. The van der Waals surface area contributed by atoms with Gasteiger partial charge in [-0.3, -0.25) is 4.79 Å². The number of aliphatic carboxylic acids is 1. The minimum atomic E-state index is -0.718. The van der Waals surface area contributed by atoms with Crippen molar-refractivity contribution in [2.45, 2.75) is 31.6 Å². The predicted octanol–water partition coefficient (Wildman–Crippen LogP) is 3.49. The largest absolute Gasteiger partial charge is 0.481 e. The van der Waals surface area contributed by atoms with Gasteiger partial charge < -0.3 is 10.0 Å². The number of carboxylic acid groups (broad SMARTS) is 1. The highest BCUT2D eigenvalue weighted by Gasteiger charge is 2.20. The van der Waals surface area contributed by atoms with Crippen LogP contribution in [0.2, 0.25) is 0 Å². The number of hydrogen-bond donors (Lipinski definition) is 1. The van der Waals surface area contributed by atoms with E-state index in [0.717, 1.165) is 29.7 Å². The zero-order valence-corrected chi connectivity index (χ0v) is 12.6. The Morgan fingerprint density at radius 3 is 2.42 bits per heavy atom. The fourth-order valence-corrected chi connectivity index (χ4v) is 2.95. The van der Waals surface area contributed by atoms with Gasteiger partial charge in [0.05, 0.1) is 6.42 Å². The number of carbonyl (C=O) groups is 1. The third-order valence-electron chi connectivity index (χ3n) is 3.69. The van der Waals surface area contributed by atoms with Crippen LogP contribution in [0.15, 0.2) is 28.7 Å². The molecule has 0 saturated carbocycles. The maximum Gasteiger partial charge on any atom is 0.304 e. The summed E-state index contributed by atoms with van der Waals surface area (Å²) < 4.78 is 1.03. The van der Waals surface area contributed by atoms with Gasteiger partial charge in [0, 0.05) is 16.9 Å². The summed E-state index contributed by atoms with van der Waals surface area (Å²) in [5.74, 6) is -0.631. The van der Waals surface area contributed by atoms with Crippen molar-refractivity contribution in [1.82, 2.24) is 4.90 Å². The number of likely N-dealkylation sites (tertiary alicyclic amines) is 1. The SMILES string of the molecule is O=C(O)CC(CN1CCCCC1)c1ccc(Br)cc1. The van der Waals surface area contributed by atoms with Gasteiger partial charge in [-0.05, 0) is 43.6 Å². The highest BCUT2D eigenvalue weighted by atomic mass is 79.9. The van der Waals surface area contributed by atoms with Gasteiger partial charge in [-0.25, -0.2) is 0 Å². The fraction of sp³-hybridized carbons (Fsp3) is 0.533. The lowest BCUT2D eigenvalue weighted by Gasteiger charge is -2.30. The molecule has 1 N–H and O–H groups in total. The molecule has 4 heteroatoms. The molecule has 19 heavy (non-hydrogen) atoms. The summed E-state index contributed by atoms with van der Waals surface area (Å²) in [5, 5.41) is 9.10. The van der Waals surface area contributed by atoms with E-state index in [1.54, 1.807) is 0 Å². The van der Waals surface area contributed by atoms with Gasteiger partial charge in [0.25, 0.3) is 0 Å². The first-order valence-corrected chi connectivity index (χ1v) is 7.64. The van der Waals surface area contributed by atoms with Crippen LogP contribution in [0, 0.1) is 0 Å². The Bertz CT molecular complexity index is 413. The molecule has 104 valence electrons. The zero-order valence-electron chi connectivity index (χ0n) is 11.0. The molecule has 3 nitrogen and oxygen atoms in total. The molecule has 1 heterocycles. The molecule has 0 aromatic heterocycles. The van der Waals surface area contributed by atoms with Gasteiger partial charge in [-0.15, -0.1) is 0 Å². The standard InChI is InChI=1S/C15H20BrNO2/c16-14-6-4-12(5-7-14)13(10-15(18)19)11-17-8-2-1-3-9-17/h4-7,13H,1-3,8-11H2,(H,18,19). The molecule has 0 amide bonds. The van der Waals surface area contributed by atoms with E-state index >= 15 is 0 Å². The first-order chi connectivity index (χ1) is 9.15. The van der Waals surface area contributed by atoms with Crippen molar-refractivity contribution in [2.24, 2.45) is 0 Å². The number of piperidine rings is 1. The third-order valence-corrected chi connectivity index (χ3v) is 4.22. The molecule has 1 saturated heterocycles. The van der Waals surface area contributed by atoms with Crippen molar-refractivity contribution in [2.75, 3.05) is 19.6 Å². The highest BCUT2D eigenvalue weighted by molar-refractivity contribution is 9.10. The average Bonchev–Trinajstić information content (AvgIpc) is 2.39. The number of rotatable bonds is 5. The molecular formula is C15H20BrNO2. The monoisotopic (exact) mass is 325 g/mol. The minimum absolute atomic E-state index is 0.0868. The predicted molar refractivity (Wildman–Crippen MR) is 79.4 cm³/mol. The average molecular weight is 326 g/mol. The van der Waals surface area contributed by atoms with Crippen LogP contribution in [0.5, 0.6) is 0 Å². The molecule has 2 rings (SSSR count). The van der Waals surface area contributed by atoms with Crippen LogP contribution in [0.1, 0.15) is 37.2 Å². The number of benzene rings is 1. The Morgan fingerprint density at radius 1 is 1.21 bits per heavy atom. The highest BCUT2D eigenvalue weighted by Crippen LogP contribution is 2.24. The van der Waals surface area contributed by atoms with E-state index in [1.165, 1.54) is 19.3 Å². The van der Waals surface area contributed by atoms with E-state index in [2.05, 4.69) is 20.8 Å². The summed E-state index contributed by atoms with van der Waals surface area (Å²) in [5.41, 5.74) is 1.12. The number of nitrogens with zero attached hydrogens (tertiary/aromatic N) is 1.